The lowest BCUT2D eigenvalue weighted by atomic mass is 10.3. The van der Waals surface area contributed by atoms with Gasteiger partial charge in [-0.05, 0) is 12.2 Å². The van der Waals surface area contributed by atoms with Crippen LogP contribution in [0.2, 0.25) is 0 Å². The number of hydrogen-bond acceptors (Lipinski definition) is 5. The third-order valence-electron chi connectivity index (χ3n) is 3.05. The summed E-state index contributed by atoms with van der Waals surface area (Å²) in [4.78, 5) is 4.63. The Morgan fingerprint density at radius 2 is 1.41 bits per heavy atom. The predicted molar refractivity (Wildman–Crippen MR) is 68.5 cm³/mol. The Morgan fingerprint density at radius 3 is 1.76 bits per heavy atom. The molecule has 2 rings (SSSR count). The van der Waals surface area contributed by atoms with Gasteiger partial charge in [0, 0.05) is 26.2 Å². The summed E-state index contributed by atoms with van der Waals surface area (Å²) in [5.41, 5.74) is 5.61. The van der Waals surface area contributed by atoms with Crippen molar-refractivity contribution < 1.29 is 9.47 Å². The van der Waals surface area contributed by atoms with Gasteiger partial charge in [-0.25, -0.2) is 0 Å². The molecule has 0 aromatic heterocycles. The zero-order valence-corrected chi connectivity index (χ0v) is 10.7. The van der Waals surface area contributed by atoms with E-state index >= 15 is 0 Å². The standard InChI is InChI=1S/C10H20N4O2S/c11-9(17)12-10(13-1-5-15-6-2-13)14-3-7-16-8-4-14/h10H,1-8H2,(H3,11,12,17). The second-order valence-electron chi connectivity index (χ2n) is 4.18. The van der Waals surface area contributed by atoms with E-state index in [-0.39, 0.29) is 6.29 Å². The molecule has 98 valence electrons. The van der Waals surface area contributed by atoms with Gasteiger partial charge in [0.15, 0.2) is 5.11 Å². The van der Waals surface area contributed by atoms with E-state index in [1.807, 2.05) is 0 Å². The van der Waals surface area contributed by atoms with Crippen molar-refractivity contribution in [1.29, 1.82) is 0 Å². The molecule has 2 aliphatic heterocycles. The monoisotopic (exact) mass is 260 g/mol. The molecule has 7 heteroatoms. The molecule has 0 spiro atoms. The summed E-state index contributed by atoms with van der Waals surface area (Å²) in [5, 5.41) is 3.51. The van der Waals surface area contributed by atoms with Crippen LogP contribution in [0.5, 0.6) is 0 Å². The molecule has 2 fully saturated rings. The number of nitrogens with two attached hydrogens (primary N) is 1. The summed E-state index contributed by atoms with van der Waals surface area (Å²) in [5.74, 6) is 0. The summed E-state index contributed by atoms with van der Waals surface area (Å²) in [7, 11) is 0. The molecule has 0 amide bonds. The van der Waals surface area contributed by atoms with Gasteiger partial charge in [-0.15, -0.1) is 0 Å². The van der Waals surface area contributed by atoms with Crippen molar-refractivity contribution in [3.8, 4) is 0 Å². The molecule has 2 heterocycles. The highest BCUT2D eigenvalue weighted by Gasteiger charge is 2.28. The third kappa shape index (κ3) is 3.75. The van der Waals surface area contributed by atoms with Crippen LogP contribution in [0.4, 0.5) is 0 Å². The summed E-state index contributed by atoms with van der Waals surface area (Å²) in [6, 6.07) is 0. The van der Waals surface area contributed by atoms with Crippen molar-refractivity contribution in [2.24, 2.45) is 5.73 Å². The van der Waals surface area contributed by atoms with Crippen LogP contribution in [0, 0.1) is 0 Å². The maximum atomic E-state index is 5.61. The Hall–Kier alpha value is -0.470. The van der Waals surface area contributed by atoms with Gasteiger partial charge in [-0.1, -0.05) is 0 Å². The summed E-state index contributed by atoms with van der Waals surface area (Å²) >= 11 is 4.96. The Labute approximate surface area is 107 Å². The fourth-order valence-electron chi connectivity index (χ4n) is 2.18. The zero-order valence-electron chi connectivity index (χ0n) is 9.93. The molecule has 0 aromatic rings. The summed E-state index contributed by atoms with van der Waals surface area (Å²) in [6.45, 7) is 6.66. The molecule has 2 aliphatic rings. The fraction of sp³-hybridized carbons (Fsp3) is 0.900. The van der Waals surface area contributed by atoms with Gasteiger partial charge in [0.2, 0.25) is 0 Å². The minimum Gasteiger partial charge on any atom is -0.379 e. The number of hydrogen-bond donors (Lipinski definition) is 2. The molecule has 0 atom stereocenters. The normalized spacial score (nSPS) is 23.8. The average molecular weight is 260 g/mol. The van der Waals surface area contributed by atoms with E-state index in [0.29, 0.717) is 5.11 Å². The van der Waals surface area contributed by atoms with Gasteiger partial charge in [0.25, 0.3) is 0 Å². The summed E-state index contributed by atoms with van der Waals surface area (Å²) < 4.78 is 10.7. The van der Waals surface area contributed by atoms with E-state index in [9.17, 15) is 0 Å². The lowest BCUT2D eigenvalue weighted by Crippen LogP contribution is -2.63. The predicted octanol–water partition coefficient (Wildman–Crippen LogP) is -1.23. The van der Waals surface area contributed by atoms with E-state index in [1.165, 1.54) is 0 Å². The maximum Gasteiger partial charge on any atom is 0.165 e. The van der Waals surface area contributed by atoms with Crippen molar-refractivity contribution in [3.05, 3.63) is 0 Å². The molecule has 0 bridgehead atoms. The fourth-order valence-corrected chi connectivity index (χ4v) is 2.29. The van der Waals surface area contributed by atoms with E-state index in [4.69, 9.17) is 27.4 Å². The highest BCUT2D eigenvalue weighted by atomic mass is 32.1. The van der Waals surface area contributed by atoms with Gasteiger partial charge < -0.3 is 20.5 Å². The molecule has 2 saturated heterocycles. The number of nitrogens with zero attached hydrogens (tertiary/aromatic N) is 2. The first-order valence-corrected chi connectivity index (χ1v) is 6.38. The van der Waals surface area contributed by atoms with Gasteiger partial charge >= 0.3 is 0 Å². The molecule has 0 aromatic carbocycles. The van der Waals surface area contributed by atoms with E-state index in [2.05, 4.69) is 15.1 Å². The number of ether oxygens (including phenoxy) is 2. The summed E-state index contributed by atoms with van der Waals surface area (Å²) in [6.07, 6.45) is 0.0697. The Balaban J connectivity index is 1.97. The lowest BCUT2D eigenvalue weighted by Gasteiger charge is -2.42. The van der Waals surface area contributed by atoms with Gasteiger partial charge in [0.05, 0.1) is 26.4 Å². The minimum atomic E-state index is 0.0697. The smallest absolute Gasteiger partial charge is 0.165 e. The number of nitrogens with one attached hydrogen (secondary N) is 1. The zero-order chi connectivity index (χ0) is 12.1. The molecule has 0 aliphatic carbocycles. The molecule has 6 nitrogen and oxygen atoms in total. The molecule has 0 saturated carbocycles. The van der Waals surface area contributed by atoms with Crippen LogP contribution < -0.4 is 11.1 Å². The van der Waals surface area contributed by atoms with Crippen LogP contribution in [0.25, 0.3) is 0 Å². The van der Waals surface area contributed by atoms with Crippen molar-refractivity contribution in [2.45, 2.75) is 6.29 Å². The van der Waals surface area contributed by atoms with Crippen LogP contribution in [0.15, 0.2) is 0 Å². The van der Waals surface area contributed by atoms with Crippen molar-refractivity contribution in [2.75, 3.05) is 52.6 Å². The SMILES string of the molecule is NC(=S)NC(N1CCOCC1)N1CCOCC1. The molecule has 3 N–H and O–H groups in total. The number of rotatable bonds is 3. The first kappa shape index (κ1) is 13.0. The average Bonchev–Trinajstić information content (AvgIpc) is 2.38. The van der Waals surface area contributed by atoms with Gasteiger partial charge in [-0.2, -0.15) is 0 Å². The Bertz CT molecular complexity index is 237. The van der Waals surface area contributed by atoms with Gasteiger partial charge in [-0.3, -0.25) is 9.80 Å². The quantitative estimate of drug-likeness (QED) is 0.616. The maximum absolute atomic E-state index is 5.61. The van der Waals surface area contributed by atoms with Crippen molar-refractivity contribution >= 4 is 17.3 Å². The van der Waals surface area contributed by atoms with Crippen LogP contribution >= 0.6 is 12.2 Å². The van der Waals surface area contributed by atoms with Crippen LogP contribution in [-0.2, 0) is 9.47 Å². The molecular weight excluding hydrogens is 240 g/mol. The Kier molecular flexibility index (Phi) is 4.93. The topological polar surface area (TPSA) is 63.0 Å². The highest BCUT2D eigenvalue weighted by molar-refractivity contribution is 7.80. The van der Waals surface area contributed by atoms with Crippen molar-refractivity contribution in [3.63, 3.8) is 0 Å². The number of morpholine rings is 2. The number of thiocarbonyl (C=S) groups is 1. The highest BCUT2D eigenvalue weighted by Crippen LogP contribution is 2.09. The van der Waals surface area contributed by atoms with Crippen molar-refractivity contribution in [1.82, 2.24) is 15.1 Å². The van der Waals surface area contributed by atoms with Gasteiger partial charge in [0.1, 0.15) is 6.29 Å². The van der Waals surface area contributed by atoms with Crippen LogP contribution in [-0.4, -0.2) is 73.8 Å². The first-order chi connectivity index (χ1) is 8.27. The third-order valence-corrected chi connectivity index (χ3v) is 3.17. The molecule has 0 unspecified atom stereocenters. The second-order valence-corrected chi connectivity index (χ2v) is 4.62. The molecule has 0 radical (unpaired) electrons. The molecule has 17 heavy (non-hydrogen) atoms. The first-order valence-electron chi connectivity index (χ1n) is 5.97. The Morgan fingerprint density at radius 1 is 1.00 bits per heavy atom. The van der Waals surface area contributed by atoms with Crippen LogP contribution in [0.1, 0.15) is 0 Å². The largest absolute Gasteiger partial charge is 0.379 e. The lowest BCUT2D eigenvalue weighted by molar-refractivity contribution is -0.0710. The van der Waals surface area contributed by atoms with E-state index < -0.39 is 0 Å². The second kappa shape index (κ2) is 6.46. The van der Waals surface area contributed by atoms with E-state index in [1.54, 1.807) is 0 Å². The minimum absolute atomic E-state index is 0.0697. The molecular formula is C10H20N4O2S. The van der Waals surface area contributed by atoms with Crippen LogP contribution in [0.3, 0.4) is 0 Å². The van der Waals surface area contributed by atoms with E-state index in [0.717, 1.165) is 52.6 Å².